The van der Waals surface area contributed by atoms with Crippen molar-refractivity contribution in [1.82, 2.24) is 19.6 Å². The van der Waals surface area contributed by atoms with Crippen LogP contribution in [0.2, 0.25) is 5.02 Å². The van der Waals surface area contributed by atoms with Crippen molar-refractivity contribution < 1.29 is 4.39 Å². The molecule has 2 aliphatic heterocycles. The minimum absolute atomic E-state index is 0.248. The average Bonchev–Trinajstić information content (AvgIpc) is 3.36. The summed E-state index contributed by atoms with van der Waals surface area (Å²) in [6.07, 6.45) is 4.67. The van der Waals surface area contributed by atoms with Gasteiger partial charge in [-0.1, -0.05) is 29.8 Å². The summed E-state index contributed by atoms with van der Waals surface area (Å²) >= 11 is 6.50. The van der Waals surface area contributed by atoms with Gasteiger partial charge in [0.15, 0.2) is 0 Å². The van der Waals surface area contributed by atoms with Crippen molar-refractivity contribution in [2.45, 2.75) is 25.4 Å². The molecule has 2 aromatic carbocycles. The Labute approximate surface area is 175 Å². The van der Waals surface area contributed by atoms with Crippen molar-refractivity contribution in [1.29, 1.82) is 0 Å². The van der Waals surface area contributed by atoms with Gasteiger partial charge in [-0.15, -0.1) is 0 Å². The topological polar surface area (TPSA) is 24.3 Å². The molecular formula is C23H24ClFN4. The molecule has 0 spiro atoms. The normalized spacial score (nSPS) is 20.1. The van der Waals surface area contributed by atoms with Crippen LogP contribution >= 0.6 is 11.6 Å². The highest BCUT2D eigenvalue weighted by molar-refractivity contribution is 6.33. The molecule has 4 nitrogen and oxygen atoms in total. The van der Waals surface area contributed by atoms with E-state index in [0.29, 0.717) is 11.1 Å². The van der Waals surface area contributed by atoms with Gasteiger partial charge < -0.3 is 0 Å². The van der Waals surface area contributed by atoms with E-state index in [0.717, 1.165) is 48.7 Å². The summed E-state index contributed by atoms with van der Waals surface area (Å²) in [6, 6.07) is 14.9. The Bertz CT molecular complexity index is 1000. The first-order valence-electron chi connectivity index (χ1n) is 10.2. The Balaban J connectivity index is 1.49. The molecule has 0 amide bonds. The van der Waals surface area contributed by atoms with Crippen molar-refractivity contribution in [2.75, 3.05) is 26.2 Å². The van der Waals surface area contributed by atoms with Crippen LogP contribution in [0.3, 0.4) is 0 Å². The molecule has 1 atom stereocenters. The fourth-order valence-corrected chi connectivity index (χ4v) is 4.80. The van der Waals surface area contributed by atoms with E-state index in [4.69, 9.17) is 16.7 Å². The van der Waals surface area contributed by atoms with E-state index in [1.165, 1.54) is 31.5 Å². The minimum atomic E-state index is -0.248. The number of nitrogens with zero attached hydrogens (tertiary/aromatic N) is 4. The standard InChI is InChI=1S/C23H24ClFN4/c24-22-6-2-1-5-21(22)23-17(14-27-12-13-28-11-3-4-20(28)16-27)15-29(26-23)19-9-7-18(25)8-10-19/h1-2,5-10,15,20H,3-4,11-14,16H2. The average molecular weight is 411 g/mol. The van der Waals surface area contributed by atoms with Crippen LogP contribution in [0.5, 0.6) is 0 Å². The Kier molecular flexibility index (Phi) is 5.12. The summed E-state index contributed by atoms with van der Waals surface area (Å²) in [4.78, 5) is 5.15. The van der Waals surface area contributed by atoms with Gasteiger partial charge >= 0.3 is 0 Å². The zero-order valence-electron chi connectivity index (χ0n) is 16.3. The summed E-state index contributed by atoms with van der Waals surface area (Å²) < 4.78 is 15.2. The molecule has 150 valence electrons. The smallest absolute Gasteiger partial charge is 0.123 e. The number of benzene rings is 2. The third-order valence-corrected chi connectivity index (χ3v) is 6.41. The van der Waals surface area contributed by atoms with Gasteiger partial charge in [0.05, 0.1) is 16.4 Å². The van der Waals surface area contributed by atoms with Crippen molar-refractivity contribution in [2.24, 2.45) is 0 Å². The second-order valence-corrected chi connectivity index (χ2v) is 8.38. The van der Waals surface area contributed by atoms with E-state index in [1.807, 2.05) is 28.9 Å². The largest absolute Gasteiger partial charge is 0.298 e. The highest BCUT2D eigenvalue weighted by Crippen LogP contribution is 2.31. The SMILES string of the molecule is Fc1ccc(-n2cc(CN3CCN4CCCC4C3)c(-c3ccccc3Cl)n2)cc1. The maximum absolute atomic E-state index is 13.4. The molecule has 3 heterocycles. The number of halogens is 2. The fourth-order valence-electron chi connectivity index (χ4n) is 4.57. The van der Waals surface area contributed by atoms with Gasteiger partial charge in [0, 0.05) is 49.5 Å². The Morgan fingerprint density at radius 3 is 2.69 bits per heavy atom. The first kappa shape index (κ1) is 18.8. The highest BCUT2D eigenvalue weighted by Gasteiger charge is 2.31. The molecule has 0 bridgehead atoms. The van der Waals surface area contributed by atoms with E-state index in [1.54, 1.807) is 12.1 Å². The van der Waals surface area contributed by atoms with Gasteiger partial charge in [-0.05, 0) is 49.7 Å². The molecule has 1 aromatic heterocycles. The fraction of sp³-hybridized carbons (Fsp3) is 0.348. The van der Waals surface area contributed by atoms with Crippen LogP contribution in [-0.2, 0) is 6.54 Å². The van der Waals surface area contributed by atoms with E-state index < -0.39 is 0 Å². The van der Waals surface area contributed by atoms with Gasteiger partial charge in [0.2, 0.25) is 0 Å². The lowest BCUT2D eigenvalue weighted by Crippen LogP contribution is -2.49. The molecule has 0 saturated carbocycles. The number of rotatable bonds is 4. The van der Waals surface area contributed by atoms with Crippen LogP contribution < -0.4 is 0 Å². The Morgan fingerprint density at radius 1 is 1.03 bits per heavy atom. The van der Waals surface area contributed by atoms with Gasteiger partial charge in [-0.25, -0.2) is 9.07 Å². The van der Waals surface area contributed by atoms with E-state index in [9.17, 15) is 4.39 Å². The predicted octanol–water partition coefficient (Wildman–Crippen LogP) is 4.61. The molecule has 6 heteroatoms. The van der Waals surface area contributed by atoms with Gasteiger partial charge in [0.1, 0.15) is 5.82 Å². The summed E-state index contributed by atoms with van der Waals surface area (Å²) in [7, 11) is 0. The summed E-state index contributed by atoms with van der Waals surface area (Å²) in [5.41, 5.74) is 3.82. The van der Waals surface area contributed by atoms with Crippen molar-refractivity contribution >= 4 is 11.6 Å². The first-order chi connectivity index (χ1) is 14.2. The zero-order valence-corrected chi connectivity index (χ0v) is 17.0. The molecule has 0 radical (unpaired) electrons. The van der Waals surface area contributed by atoms with Crippen molar-refractivity contribution in [3.05, 3.63) is 71.1 Å². The van der Waals surface area contributed by atoms with E-state index >= 15 is 0 Å². The lowest BCUT2D eigenvalue weighted by atomic mass is 10.1. The van der Waals surface area contributed by atoms with Crippen molar-refractivity contribution in [3.8, 4) is 16.9 Å². The quantitative estimate of drug-likeness (QED) is 0.627. The lowest BCUT2D eigenvalue weighted by Gasteiger charge is -2.37. The first-order valence-corrected chi connectivity index (χ1v) is 10.6. The molecule has 1 unspecified atom stereocenters. The van der Waals surface area contributed by atoms with Gasteiger partial charge in [0.25, 0.3) is 0 Å². The second kappa shape index (κ2) is 7.90. The summed E-state index contributed by atoms with van der Waals surface area (Å²) in [5.74, 6) is -0.248. The molecule has 0 N–H and O–H groups in total. The molecular weight excluding hydrogens is 387 g/mol. The molecule has 0 aliphatic carbocycles. The lowest BCUT2D eigenvalue weighted by molar-refractivity contribution is 0.0995. The molecule has 3 aromatic rings. The van der Waals surface area contributed by atoms with Crippen LogP contribution in [0.25, 0.3) is 16.9 Å². The number of fused-ring (bicyclic) bond motifs is 1. The van der Waals surface area contributed by atoms with Crippen LogP contribution in [0.4, 0.5) is 4.39 Å². The third-order valence-electron chi connectivity index (χ3n) is 6.08. The molecule has 2 fully saturated rings. The summed E-state index contributed by atoms with van der Waals surface area (Å²) in [5, 5.41) is 5.54. The number of aromatic nitrogens is 2. The highest BCUT2D eigenvalue weighted by atomic mass is 35.5. The Morgan fingerprint density at radius 2 is 1.86 bits per heavy atom. The molecule has 2 aliphatic rings. The molecule has 29 heavy (non-hydrogen) atoms. The van der Waals surface area contributed by atoms with Gasteiger partial charge in [-0.3, -0.25) is 9.80 Å². The minimum Gasteiger partial charge on any atom is -0.298 e. The maximum Gasteiger partial charge on any atom is 0.123 e. The monoisotopic (exact) mass is 410 g/mol. The van der Waals surface area contributed by atoms with Crippen molar-refractivity contribution in [3.63, 3.8) is 0 Å². The van der Waals surface area contributed by atoms with E-state index in [-0.39, 0.29) is 5.82 Å². The van der Waals surface area contributed by atoms with Crippen LogP contribution in [0.1, 0.15) is 18.4 Å². The zero-order chi connectivity index (χ0) is 19.8. The van der Waals surface area contributed by atoms with Crippen LogP contribution in [0.15, 0.2) is 54.7 Å². The second-order valence-electron chi connectivity index (χ2n) is 7.97. The number of hydrogen-bond acceptors (Lipinski definition) is 3. The van der Waals surface area contributed by atoms with Gasteiger partial charge in [-0.2, -0.15) is 5.10 Å². The Hall–Kier alpha value is -2.21. The maximum atomic E-state index is 13.4. The molecule has 5 rings (SSSR count). The predicted molar refractivity (Wildman–Crippen MR) is 114 cm³/mol. The van der Waals surface area contributed by atoms with Crippen LogP contribution in [0, 0.1) is 5.82 Å². The molecule has 2 saturated heterocycles. The third kappa shape index (κ3) is 3.82. The summed E-state index contributed by atoms with van der Waals surface area (Å²) in [6.45, 7) is 5.39. The van der Waals surface area contributed by atoms with Crippen LogP contribution in [-0.4, -0.2) is 51.8 Å². The number of hydrogen-bond donors (Lipinski definition) is 0. The van der Waals surface area contributed by atoms with E-state index in [2.05, 4.69) is 16.0 Å². The number of piperazine rings is 1.